The number of rotatable bonds is 13. The van der Waals surface area contributed by atoms with E-state index in [1.807, 2.05) is 96.8 Å². The first-order chi connectivity index (χ1) is 27.5. The molecule has 0 bridgehead atoms. The first-order valence-corrected chi connectivity index (χ1v) is 20.2. The third-order valence-electron chi connectivity index (χ3n) is 11.0. The maximum atomic E-state index is 13.2. The van der Waals surface area contributed by atoms with Crippen LogP contribution in [0.2, 0.25) is 5.02 Å². The number of nitrogens with one attached hydrogen (secondary N) is 3. The van der Waals surface area contributed by atoms with Crippen LogP contribution in [0, 0.1) is 24.2 Å². The largest absolute Gasteiger partial charge is 0.378 e. The van der Waals surface area contributed by atoms with Gasteiger partial charge in [0.15, 0.2) is 0 Å². The fourth-order valence-corrected chi connectivity index (χ4v) is 8.27. The van der Waals surface area contributed by atoms with Crippen LogP contribution in [0.15, 0.2) is 91.0 Å². The summed E-state index contributed by atoms with van der Waals surface area (Å²) in [6, 6.07) is 31.5. The van der Waals surface area contributed by atoms with Crippen LogP contribution in [-0.4, -0.2) is 60.7 Å². The van der Waals surface area contributed by atoms with Crippen LogP contribution in [0.4, 0.5) is 11.4 Å². The Kier molecular flexibility index (Phi) is 13.7. The molecule has 4 aromatic rings. The fourth-order valence-electron chi connectivity index (χ4n) is 8.15. The number of piperidine rings is 1. The molecule has 4 aromatic carbocycles. The Morgan fingerprint density at radius 1 is 0.842 bits per heavy atom. The zero-order chi connectivity index (χ0) is 40.5. The van der Waals surface area contributed by atoms with Gasteiger partial charge in [-0.05, 0) is 117 Å². The van der Waals surface area contributed by atoms with Crippen LogP contribution in [0.1, 0.15) is 91.4 Å². The van der Waals surface area contributed by atoms with Gasteiger partial charge in [0.1, 0.15) is 6.42 Å². The van der Waals surface area contributed by atoms with Crippen molar-refractivity contribution in [2.75, 3.05) is 36.4 Å². The number of carbonyl (C=O) groups is 4. The highest BCUT2D eigenvalue weighted by atomic mass is 35.5. The molecule has 11 heteroatoms. The smallest absolute Gasteiger partial charge is 0.251 e. The van der Waals surface area contributed by atoms with Gasteiger partial charge in [0.05, 0.1) is 18.0 Å². The molecule has 4 atom stereocenters. The number of likely N-dealkylation sites (tertiary alicyclic amines) is 1. The van der Waals surface area contributed by atoms with E-state index in [1.165, 1.54) is 0 Å². The minimum atomic E-state index is -0.347. The van der Waals surface area contributed by atoms with Crippen molar-refractivity contribution in [3.63, 3.8) is 0 Å². The molecule has 2 aliphatic rings. The van der Waals surface area contributed by atoms with E-state index >= 15 is 0 Å². The van der Waals surface area contributed by atoms with Crippen molar-refractivity contribution < 1.29 is 19.2 Å². The number of benzene rings is 4. The van der Waals surface area contributed by atoms with Crippen LogP contribution < -0.4 is 20.9 Å². The van der Waals surface area contributed by atoms with Crippen molar-refractivity contribution in [1.82, 2.24) is 15.5 Å². The highest BCUT2D eigenvalue weighted by Gasteiger charge is 2.35. The van der Waals surface area contributed by atoms with Crippen molar-refractivity contribution >= 4 is 46.6 Å². The number of nitrogens with zero attached hydrogens (tertiary/aromatic N) is 3. The summed E-state index contributed by atoms with van der Waals surface area (Å²) in [5.74, 6) is -0.770. The molecule has 0 radical (unpaired) electrons. The standard InChI is InChI=1S/C46H51ClN6O4/c1-30-8-7-9-35(24-30)37-26-38(29-52(28-37)44(55)20-21-48)46(57)50-23-6-4-5-22-49-45(56)34-12-10-33(11-13-34)36-14-19-43-41(27-36)42(25-31(2)53(43)32(3)54)51-40-17-15-39(47)16-18-40/h7-19,24,27,31,37-38,42,51H,4-6,20,22-23,25-26,28-29H2,1-3H3,(H,49,56)(H,50,57)/t31-,37?,38?,42+/m0/s1. The Morgan fingerprint density at radius 2 is 1.56 bits per heavy atom. The summed E-state index contributed by atoms with van der Waals surface area (Å²) in [7, 11) is 0. The van der Waals surface area contributed by atoms with Crippen molar-refractivity contribution in [2.45, 2.75) is 77.3 Å². The second kappa shape index (κ2) is 19.0. The molecule has 2 aliphatic heterocycles. The maximum absolute atomic E-state index is 13.2. The van der Waals surface area contributed by atoms with Crippen LogP contribution in [-0.2, 0) is 14.4 Å². The molecule has 0 saturated carbocycles. The quantitative estimate of drug-likeness (QED) is 0.117. The Balaban J connectivity index is 0.976. The number of anilines is 2. The monoisotopic (exact) mass is 786 g/mol. The van der Waals surface area contributed by atoms with Gasteiger partial charge in [-0.1, -0.05) is 59.6 Å². The van der Waals surface area contributed by atoms with Gasteiger partial charge >= 0.3 is 0 Å². The predicted octanol–water partition coefficient (Wildman–Crippen LogP) is 8.18. The maximum Gasteiger partial charge on any atom is 0.251 e. The molecular weight excluding hydrogens is 736 g/mol. The van der Waals surface area contributed by atoms with Crippen LogP contribution >= 0.6 is 11.6 Å². The molecular formula is C46H51ClN6O4. The van der Waals surface area contributed by atoms with E-state index in [0.29, 0.717) is 43.2 Å². The summed E-state index contributed by atoms with van der Waals surface area (Å²) in [4.78, 5) is 55.1. The van der Waals surface area contributed by atoms with Gasteiger partial charge in [-0.15, -0.1) is 0 Å². The van der Waals surface area contributed by atoms with E-state index in [4.69, 9.17) is 16.9 Å². The first-order valence-electron chi connectivity index (χ1n) is 19.8. The van der Waals surface area contributed by atoms with Crippen molar-refractivity contribution in [3.05, 3.63) is 118 Å². The summed E-state index contributed by atoms with van der Waals surface area (Å²) in [5.41, 5.74) is 7.64. The second-order valence-corrected chi connectivity index (χ2v) is 15.7. The molecule has 10 nitrogen and oxygen atoms in total. The van der Waals surface area contributed by atoms with E-state index < -0.39 is 0 Å². The lowest BCUT2D eigenvalue weighted by Gasteiger charge is -2.39. The Bertz CT molecular complexity index is 2110. The van der Waals surface area contributed by atoms with Crippen LogP contribution in [0.3, 0.4) is 0 Å². The van der Waals surface area contributed by atoms with Gasteiger partial charge in [0, 0.05) is 67.0 Å². The van der Waals surface area contributed by atoms with Crippen LogP contribution in [0.25, 0.3) is 11.1 Å². The Labute approximate surface area is 340 Å². The predicted molar refractivity (Wildman–Crippen MR) is 225 cm³/mol. The minimum Gasteiger partial charge on any atom is -0.378 e. The lowest BCUT2D eigenvalue weighted by Crippen LogP contribution is -2.48. The minimum absolute atomic E-state index is 0.00607. The molecule has 1 fully saturated rings. The van der Waals surface area contributed by atoms with Gasteiger partial charge in [0.2, 0.25) is 17.7 Å². The van der Waals surface area contributed by atoms with Crippen molar-refractivity contribution in [2.24, 2.45) is 5.92 Å². The molecule has 0 aromatic heterocycles. The van der Waals surface area contributed by atoms with E-state index in [-0.39, 0.29) is 54.0 Å². The van der Waals surface area contributed by atoms with Crippen molar-refractivity contribution in [1.29, 1.82) is 5.26 Å². The highest BCUT2D eigenvalue weighted by Crippen LogP contribution is 2.41. The number of carbonyl (C=O) groups excluding carboxylic acids is 4. The summed E-state index contributed by atoms with van der Waals surface area (Å²) in [5, 5.41) is 19.5. The lowest BCUT2D eigenvalue weighted by atomic mass is 9.83. The molecule has 296 valence electrons. The summed E-state index contributed by atoms with van der Waals surface area (Å²) < 4.78 is 0. The van der Waals surface area contributed by atoms with Gasteiger partial charge in [-0.3, -0.25) is 19.2 Å². The van der Waals surface area contributed by atoms with Gasteiger partial charge in [-0.2, -0.15) is 5.26 Å². The van der Waals surface area contributed by atoms with E-state index in [0.717, 1.165) is 64.9 Å². The third-order valence-corrected chi connectivity index (χ3v) is 11.3. The third kappa shape index (κ3) is 10.4. The summed E-state index contributed by atoms with van der Waals surface area (Å²) in [6.45, 7) is 7.55. The zero-order valence-corrected chi connectivity index (χ0v) is 33.6. The average Bonchev–Trinajstić information content (AvgIpc) is 3.20. The topological polar surface area (TPSA) is 135 Å². The average molecular weight is 787 g/mol. The van der Waals surface area contributed by atoms with Crippen LogP contribution in [0.5, 0.6) is 0 Å². The number of fused-ring (bicyclic) bond motifs is 1. The lowest BCUT2D eigenvalue weighted by molar-refractivity contribution is -0.135. The summed E-state index contributed by atoms with van der Waals surface area (Å²) >= 11 is 6.12. The number of aryl methyl sites for hydroxylation is 1. The number of unbranched alkanes of at least 4 members (excludes halogenated alkanes) is 2. The number of amides is 4. The second-order valence-electron chi connectivity index (χ2n) is 15.3. The Hall–Kier alpha value is -5.66. The number of hydrogen-bond donors (Lipinski definition) is 3. The molecule has 6 rings (SSSR count). The Morgan fingerprint density at radius 3 is 2.26 bits per heavy atom. The van der Waals surface area contributed by atoms with Gasteiger partial charge < -0.3 is 25.8 Å². The molecule has 4 amide bonds. The number of nitriles is 1. The molecule has 0 spiro atoms. The van der Waals surface area contributed by atoms with E-state index in [1.54, 1.807) is 11.8 Å². The first kappa shape index (κ1) is 41.0. The highest BCUT2D eigenvalue weighted by molar-refractivity contribution is 6.30. The van der Waals surface area contributed by atoms with Gasteiger partial charge in [-0.25, -0.2) is 0 Å². The molecule has 3 N–H and O–H groups in total. The molecule has 2 unspecified atom stereocenters. The fraction of sp³-hybridized carbons (Fsp3) is 0.370. The van der Waals surface area contributed by atoms with Crippen molar-refractivity contribution in [3.8, 4) is 17.2 Å². The molecule has 57 heavy (non-hydrogen) atoms. The molecule has 2 heterocycles. The SMILES string of the molecule is CC(=O)N1c2ccc(-c3ccc(C(=O)NCCCCCNC(=O)C4CC(c5cccc(C)c5)CN(C(=O)CC#N)C4)cc3)cc2[C@H](Nc2ccc(Cl)cc2)C[C@@H]1C. The molecule has 0 aliphatic carbocycles. The zero-order valence-electron chi connectivity index (χ0n) is 32.9. The molecule has 1 saturated heterocycles. The normalized spacial score (nSPS) is 18.9. The van der Waals surface area contributed by atoms with E-state index in [2.05, 4.69) is 35.0 Å². The number of hydrogen-bond acceptors (Lipinski definition) is 6. The summed E-state index contributed by atoms with van der Waals surface area (Å²) in [6.07, 6.45) is 3.56. The number of halogens is 1. The van der Waals surface area contributed by atoms with E-state index in [9.17, 15) is 19.2 Å². The van der Waals surface area contributed by atoms with Gasteiger partial charge in [0.25, 0.3) is 5.91 Å².